The van der Waals surface area contributed by atoms with Crippen LogP contribution in [0.3, 0.4) is 0 Å². The molecule has 1 amide bonds. The molecule has 1 saturated carbocycles. The second kappa shape index (κ2) is 9.90. The molecule has 1 aromatic heterocycles. The first-order chi connectivity index (χ1) is 15.8. The van der Waals surface area contributed by atoms with Gasteiger partial charge >= 0.3 is 0 Å². The lowest BCUT2D eigenvalue weighted by Crippen LogP contribution is -2.42. The number of pyridine rings is 1. The van der Waals surface area contributed by atoms with Crippen molar-refractivity contribution in [2.75, 3.05) is 44.3 Å². The molecule has 2 aromatic rings. The summed E-state index contributed by atoms with van der Waals surface area (Å²) in [5, 5.41) is 0. The maximum atomic E-state index is 13.4. The van der Waals surface area contributed by atoms with Gasteiger partial charge < -0.3 is 14.4 Å². The van der Waals surface area contributed by atoms with E-state index in [9.17, 15) is 4.79 Å². The summed E-state index contributed by atoms with van der Waals surface area (Å²) < 4.78 is 11.4. The van der Waals surface area contributed by atoms with Crippen LogP contribution in [0.2, 0.25) is 0 Å². The molecule has 170 valence electrons. The molecule has 2 aliphatic heterocycles. The first-order valence-corrected chi connectivity index (χ1v) is 12.1. The normalized spacial score (nSPS) is 21.4. The van der Waals surface area contributed by atoms with Gasteiger partial charge in [-0.05, 0) is 61.6 Å². The Morgan fingerprint density at radius 2 is 1.88 bits per heavy atom. The summed E-state index contributed by atoms with van der Waals surface area (Å²) in [5.41, 5.74) is 1.32. The number of hydrogen-bond donors (Lipinski definition) is 0. The molecule has 1 unspecified atom stereocenters. The third-order valence-electron chi connectivity index (χ3n) is 7.10. The van der Waals surface area contributed by atoms with Crippen molar-refractivity contribution in [2.24, 2.45) is 5.92 Å². The van der Waals surface area contributed by atoms with Gasteiger partial charge in [-0.25, -0.2) is 4.98 Å². The van der Waals surface area contributed by atoms with Crippen molar-refractivity contribution < 1.29 is 14.3 Å². The Labute approximate surface area is 190 Å². The summed E-state index contributed by atoms with van der Waals surface area (Å²) >= 11 is 0. The van der Waals surface area contributed by atoms with E-state index in [-0.39, 0.29) is 11.8 Å². The Balaban J connectivity index is 1.22. The molecule has 1 aromatic carbocycles. The summed E-state index contributed by atoms with van der Waals surface area (Å²) in [6, 6.07) is 12.2. The predicted octanol–water partition coefficient (Wildman–Crippen LogP) is 4.26. The highest BCUT2D eigenvalue weighted by molar-refractivity contribution is 5.94. The van der Waals surface area contributed by atoms with Crippen molar-refractivity contribution in [1.29, 1.82) is 0 Å². The van der Waals surface area contributed by atoms with Crippen LogP contribution in [0.1, 0.15) is 50.0 Å². The van der Waals surface area contributed by atoms with Crippen molar-refractivity contribution in [2.45, 2.75) is 44.4 Å². The molecule has 6 nitrogen and oxygen atoms in total. The predicted molar refractivity (Wildman–Crippen MR) is 124 cm³/mol. The smallest absolute Gasteiger partial charge is 0.231 e. The number of amides is 1. The molecule has 3 aliphatic rings. The van der Waals surface area contributed by atoms with Crippen molar-refractivity contribution in [3.05, 3.63) is 48.2 Å². The third-order valence-corrected chi connectivity index (χ3v) is 7.10. The molecule has 5 rings (SSSR count). The Hall–Kier alpha value is -2.60. The molecule has 1 atom stereocenters. The topological polar surface area (TPSA) is 54.9 Å². The Morgan fingerprint density at radius 1 is 1.03 bits per heavy atom. The van der Waals surface area contributed by atoms with E-state index in [4.69, 9.17) is 9.47 Å². The number of ether oxygens (including phenoxy) is 2. The number of anilines is 1. The highest BCUT2D eigenvalue weighted by Gasteiger charge is 2.30. The van der Waals surface area contributed by atoms with Crippen molar-refractivity contribution in [3.8, 4) is 11.5 Å². The van der Waals surface area contributed by atoms with Gasteiger partial charge in [0.25, 0.3) is 0 Å². The lowest BCUT2D eigenvalue weighted by molar-refractivity contribution is -0.123. The number of likely N-dealkylation sites (tertiary alicyclic amines) is 1. The number of benzene rings is 1. The van der Waals surface area contributed by atoms with Gasteiger partial charge in [-0.15, -0.1) is 0 Å². The first-order valence-electron chi connectivity index (χ1n) is 12.1. The highest BCUT2D eigenvalue weighted by atomic mass is 16.6. The van der Waals surface area contributed by atoms with Crippen LogP contribution in [0, 0.1) is 5.92 Å². The van der Waals surface area contributed by atoms with Gasteiger partial charge in [-0.1, -0.05) is 31.4 Å². The number of hydrogen-bond acceptors (Lipinski definition) is 5. The first kappa shape index (κ1) is 21.3. The molecule has 3 heterocycles. The van der Waals surface area contributed by atoms with E-state index in [0.29, 0.717) is 25.7 Å². The molecule has 0 bridgehead atoms. The number of carbonyl (C=O) groups excluding carboxylic acids is 1. The van der Waals surface area contributed by atoms with Gasteiger partial charge in [0, 0.05) is 31.7 Å². The molecule has 32 heavy (non-hydrogen) atoms. The summed E-state index contributed by atoms with van der Waals surface area (Å²) in [5.74, 6) is 3.39. The molecule has 1 saturated heterocycles. The van der Waals surface area contributed by atoms with Crippen LogP contribution in [-0.4, -0.2) is 55.2 Å². The van der Waals surface area contributed by atoms with E-state index in [1.54, 1.807) is 6.20 Å². The number of nitrogens with zero attached hydrogens (tertiary/aromatic N) is 3. The molecular weight excluding hydrogens is 402 g/mol. The van der Waals surface area contributed by atoms with Crippen LogP contribution >= 0.6 is 0 Å². The van der Waals surface area contributed by atoms with Crippen LogP contribution in [0.25, 0.3) is 0 Å². The molecule has 2 fully saturated rings. The van der Waals surface area contributed by atoms with Crippen molar-refractivity contribution in [3.63, 3.8) is 0 Å². The maximum Gasteiger partial charge on any atom is 0.231 e. The molecule has 0 spiro atoms. The average Bonchev–Trinajstić information content (AvgIpc) is 3.34. The minimum atomic E-state index is 0.148. The molecule has 0 N–H and O–H groups in total. The fraction of sp³-hybridized carbons (Fsp3) is 0.538. The van der Waals surface area contributed by atoms with E-state index in [1.807, 2.05) is 29.2 Å². The fourth-order valence-electron chi connectivity index (χ4n) is 5.28. The van der Waals surface area contributed by atoms with Crippen molar-refractivity contribution in [1.82, 2.24) is 9.88 Å². The minimum absolute atomic E-state index is 0.148. The number of aromatic nitrogens is 1. The van der Waals surface area contributed by atoms with Crippen LogP contribution < -0.4 is 14.4 Å². The summed E-state index contributed by atoms with van der Waals surface area (Å²) in [6.45, 7) is 4.86. The van der Waals surface area contributed by atoms with E-state index in [0.717, 1.165) is 69.1 Å². The lowest BCUT2D eigenvalue weighted by atomic mass is 9.88. The number of fused-ring (bicyclic) bond motifs is 1. The maximum absolute atomic E-state index is 13.4. The summed E-state index contributed by atoms with van der Waals surface area (Å²) in [7, 11) is 0. The second-order valence-electron chi connectivity index (χ2n) is 9.20. The van der Waals surface area contributed by atoms with Gasteiger partial charge in [-0.3, -0.25) is 9.69 Å². The quantitative estimate of drug-likeness (QED) is 0.679. The highest BCUT2D eigenvalue weighted by Crippen LogP contribution is 2.36. The molecule has 6 heteroatoms. The van der Waals surface area contributed by atoms with E-state index >= 15 is 0 Å². The van der Waals surface area contributed by atoms with E-state index in [2.05, 4.69) is 22.0 Å². The molecular formula is C26H33N3O3. The zero-order valence-electron chi connectivity index (χ0n) is 18.7. The zero-order valence-corrected chi connectivity index (χ0v) is 18.7. The molecule has 1 aliphatic carbocycles. The van der Waals surface area contributed by atoms with Crippen LogP contribution in [0.15, 0.2) is 42.6 Å². The van der Waals surface area contributed by atoms with E-state index < -0.39 is 0 Å². The Kier molecular flexibility index (Phi) is 6.58. The third kappa shape index (κ3) is 4.75. The average molecular weight is 436 g/mol. The van der Waals surface area contributed by atoms with Gasteiger partial charge in [0.15, 0.2) is 11.5 Å². The summed E-state index contributed by atoms with van der Waals surface area (Å²) in [6.07, 6.45) is 8.51. The molecule has 0 radical (unpaired) electrons. The number of carbonyl (C=O) groups is 1. The van der Waals surface area contributed by atoms with Crippen LogP contribution in [0.5, 0.6) is 11.5 Å². The van der Waals surface area contributed by atoms with Gasteiger partial charge in [0.05, 0.1) is 0 Å². The van der Waals surface area contributed by atoms with Gasteiger partial charge in [-0.2, -0.15) is 0 Å². The van der Waals surface area contributed by atoms with Crippen LogP contribution in [0.4, 0.5) is 5.82 Å². The number of rotatable bonds is 6. The Morgan fingerprint density at radius 3 is 2.69 bits per heavy atom. The monoisotopic (exact) mass is 435 g/mol. The standard InChI is InChI=1S/C26H33N3O3/c30-26(20-6-2-1-3-7-20)29(25-8-4-5-12-27-25)15-14-28-13-11-22(19-28)21-9-10-23-24(18-21)32-17-16-31-23/h4-5,8-10,12,18,20,22H,1-3,6-7,11,13-17,19H2. The van der Waals surface area contributed by atoms with Gasteiger partial charge in [0.1, 0.15) is 19.0 Å². The summed E-state index contributed by atoms with van der Waals surface area (Å²) in [4.78, 5) is 22.3. The minimum Gasteiger partial charge on any atom is -0.486 e. The van der Waals surface area contributed by atoms with E-state index in [1.165, 1.54) is 12.0 Å². The lowest BCUT2D eigenvalue weighted by Gasteiger charge is -2.30. The SMILES string of the molecule is O=C(C1CCCCC1)N(CCN1CCC(c2ccc3c(c2)OCCO3)C1)c1ccccn1. The fourth-order valence-corrected chi connectivity index (χ4v) is 5.28. The van der Waals surface area contributed by atoms with Crippen LogP contribution in [-0.2, 0) is 4.79 Å². The zero-order chi connectivity index (χ0) is 21.8. The Bertz CT molecular complexity index is 914. The van der Waals surface area contributed by atoms with Crippen molar-refractivity contribution >= 4 is 11.7 Å². The largest absolute Gasteiger partial charge is 0.486 e. The van der Waals surface area contributed by atoms with Gasteiger partial charge in [0.2, 0.25) is 5.91 Å². The second-order valence-corrected chi connectivity index (χ2v) is 9.20.